The zero-order valence-corrected chi connectivity index (χ0v) is 39.9. The molecule has 0 saturated heterocycles. The molecule has 0 fully saturated rings. The third-order valence-corrected chi connectivity index (χ3v) is 12.3. The molecule has 0 aliphatic heterocycles. The minimum absolute atomic E-state index is 0.210. The number of benzene rings is 6. The molecule has 0 aliphatic rings. The van der Waals surface area contributed by atoms with Crippen molar-refractivity contribution >= 4 is 34.1 Å². The monoisotopic (exact) mass is 831 g/mol. The van der Waals surface area contributed by atoms with Crippen molar-refractivity contribution < 1.29 is 0 Å². The highest BCUT2D eigenvalue weighted by atomic mass is 15.1. The predicted octanol–water partition coefficient (Wildman–Crippen LogP) is 12.5. The molecule has 0 aliphatic carbocycles. The molecule has 0 saturated carbocycles. The summed E-state index contributed by atoms with van der Waals surface area (Å²) in [5.41, 5.74) is 15.5. The molecule has 0 amide bonds. The molecule has 0 spiro atoms. The Hall–Kier alpha value is -5.88. The van der Waals surface area contributed by atoms with Crippen molar-refractivity contribution in [1.82, 2.24) is 0 Å². The van der Waals surface area contributed by atoms with Gasteiger partial charge in [0.1, 0.15) is 0 Å². The molecule has 6 aromatic rings. The van der Waals surface area contributed by atoms with Crippen molar-refractivity contribution in [2.45, 2.75) is 53.4 Å². The summed E-state index contributed by atoms with van der Waals surface area (Å²) < 4.78 is 0. The summed E-state index contributed by atoms with van der Waals surface area (Å²) in [6, 6.07) is 54.3. The van der Waals surface area contributed by atoms with Gasteiger partial charge >= 0.3 is 0 Å². The largest absolute Gasteiger partial charge is 0.378 e. The van der Waals surface area contributed by atoms with Crippen LogP contribution in [0.5, 0.6) is 0 Å². The van der Waals surface area contributed by atoms with E-state index in [9.17, 15) is 0 Å². The van der Waals surface area contributed by atoms with Crippen LogP contribution in [0.4, 0.5) is 34.1 Å². The van der Waals surface area contributed by atoms with E-state index in [1.807, 2.05) is 0 Å². The molecule has 0 atom stereocenters. The first-order valence-electron chi connectivity index (χ1n) is 22.8. The van der Waals surface area contributed by atoms with Gasteiger partial charge in [0.2, 0.25) is 0 Å². The number of nitrogens with zero attached hydrogens (tertiary/aromatic N) is 6. The molecule has 0 aromatic heterocycles. The van der Waals surface area contributed by atoms with Crippen LogP contribution in [0, 0.1) is 0 Å². The van der Waals surface area contributed by atoms with E-state index in [0.717, 1.165) is 39.3 Å². The van der Waals surface area contributed by atoms with Gasteiger partial charge in [0, 0.05) is 128 Å². The van der Waals surface area contributed by atoms with Crippen molar-refractivity contribution in [1.29, 1.82) is 0 Å². The average molecular weight is 831 g/mol. The molecule has 6 nitrogen and oxygen atoms in total. The van der Waals surface area contributed by atoms with Crippen molar-refractivity contribution in [2.75, 3.05) is 111 Å². The minimum atomic E-state index is 0.210. The maximum Gasteiger partial charge on any atom is 0.0366 e. The standard InChI is InChI=1S/C31H43N3.C25H31N3/c1-7-32(8-2)28-19-13-25(14-20-28)31(26-15-21-29(22-16-26)33(9-3)10-4)27-17-23-30(24-18-27)34(11-5)12-6;1-26(2)22-13-7-19(8-14-22)25(20-9-15-23(16-10-20)27(3)4)21-11-17-24(18-12-21)28(5)6/h13-24,31H,7-12H2,1-6H3;7-18,25H,1-6H3. The topological polar surface area (TPSA) is 19.4 Å². The van der Waals surface area contributed by atoms with Gasteiger partial charge in [-0.25, -0.2) is 0 Å². The molecule has 6 heteroatoms. The van der Waals surface area contributed by atoms with Crippen molar-refractivity contribution in [3.8, 4) is 0 Å². The van der Waals surface area contributed by atoms with Crippen LogP contribution in [0.15, 0.2) is 146 Å². The molecule has 0 radical (unpaired) electrons. The van der Waals surface area contributed by atoms with Crippen LogP contribution in [0.25, 0.3) is 0 Å². The first-order chi connectivity index (χ1) is 30.0. The third-order valence-electron chi connectivity index (χ3n) is 12.3. The number of hydrogen-bond acceptors (Lipinski definition) is 6. The number of hydrogen-bond donors (Lipinski definition) is 0. The lowest BCUT2D eigenvalue weighted by atomic mass is 9.85. The molecule has 0 unspecified atom stereocenters. The maximum atomic E-state index is 2.40. The highest BCUT2D eigenvalue weighted by Crippen LogP contribution is 2.36. The van der Waals surface area contributed by atoms with Crippen LogP contribution >= 0.6 is 0 Å². The molecule has 62 heavy (non-hydrogen) atoms. The van der Waals surface area contributed by atoms with E-state index < -0.39 is 0 Å². The summed E-state index contributed by atoms with van der Waals surface area (Å²) in [5, 5.41) is 0. The first-order valence-corrected chi connectivity index (χ1v) is 22.8. The van der Waals surface area contributed by atoms with Crippen LogP contribution in [0.1, 0.15) is 86.8 Å². The van der Waals surface area contributed by atoms with Crippen LogP contribution in [-0.4, -0.2) is 81.6 Å². The van der Waals surface area contributed by atoms with Crippen LogP contribution in [-0.2, 0) is 0 Å². The SMILES string of the molecule is CCN(CC)c1ccc(C(c2ccc(N(CC)CC)cc2)c2ccc(N(CC)CC)cc2)cc1.CN(C)c1ccc(C(c2ccc(N(C)C)cc2)c2ccc(N(C)C)cc2)cc1. The lowest BCUT2D eigenvalue weighted by Gasteiger charge is -2.25. The second-order valence-corrected chi connectivity index (χ2v) is 16.6. The van der Waals surface area contributed by atoms with Crippen molar-refractivity contribution in [2.24, 2.45) is 0 Å². The van der Waals surface area contributed by atoms with Gasteiger partial charge in [-0.2, -0.15) is 0 Å². The van der Waals surface area contributed by atoms with Gasteiger partial charge in [0.25, 0.3) is 0 Å². The average Bonchev–Trinajstić information content (AvgIpc) is 3.30. The lowest BCUT2D eigenvalue weighted by Crippen LogP contribution is -2.22. The van der Waals surface area contributed by atoms with Crippen molar-refractivity contribution in [3.05, 3.63) is 179 Å². The Morgan fingerprint density at radius 2 is 0.387 bits per heavy atom. The lowest BCUT2D eigenvalue weighted by molar-refractivity contribution is 0.861. The summed E-state index contributed by atoms with van der Waals surface area (Å²) >= 11 is 0. The fourth-order valence-corrected chi connectivity index (χ4v) is 8.45. The third kappa shape index (κ3) is 11.7. The Kier molecular flexibility index (Phi) is 17.4. The Balaban J connectivity index is 0.000000238. The second kappa shape index (κ2) is 22.8. The fourth-order valence-electron chi connectivity index (χ4n) is 8.45. The number of anilines is 6. The summed E-state index contributed by atoms with van der Waals surface area (Å²) in [4.78, 5) is 13.6. The Bertz CT molecular complexity index is 1910. The van der Waals surface area contributed by atoms with E-state index in [4.69, 9.17) is 0 Å². The highest BCUT2D eigenvalue weighted by molar-refractivity contribution is 5.58. The van der Waals surface area contributed by atoms with E-state index >= 15 is 0 Å². The van der Waals surface area contributed by atoms with Gasteiger partial charge < -0.3 is 29.4 Å². The van der Waals surface area contributed by atoms with E-state index in [-0.39, 0.29) is 11.8 Å². The van der Waals surface area contributed by atoms with Gasteiger partial charge in [-0.1, -0.05) is 72.8 Å². The molecule has 0 N–H and O–H groups in total. The van der Waals surface area contributed by atoms with Gasteiger partial charge in [0.15, 0.2) is 0 Å². The fraction of sp³-hybridized carbons (Fsp3) is 0.357. The van der Waals surface area contributed by atoms with Crippen LogP contribution in [0.3, 0.4) is 0 Å². The molecule has 0 heterocycles. The van der Waals surface area contributed by atoms with Crippen molar-refractivity contribution in [3.63, 3.8) is 0 Å². The first kappa shape index (κ1) is 47.2. The minimum Gasteiger partial charge on any atom is -0.378 e. The summed E-state index contributed by atoms with van der Waals surface area (Å²) in [5.74, 6) is 0.422. The van der Waals surface area contributed by atoms with Gasteiger partial charge in [-0.05, 0) is 148 Å². The Labute approximate surface area is 376 Å². The second-order valence-electron chi connectivity index (χ2n) is 16.6. The van der Waals surface area contributed by atoms with E-state index in [0.29, 0.717) is 0 Å². The van der Waals surface area contributed by atoms with Crippen LogP contribution < -0.4 is 29.4 Å². The Morgan fingerprint density at radius 3 is 0.516 bits per heavy atom. The predicted molar refractivity (Wildman–Crippen MR) is 274 cm³/mol. The summed E-state index contributed by atoms with van der Waals surface area (Å²) in [7, 11) is 12.5. The molecular weight excluding hydrogens is 757 g/mol. The molecule has 0 bridgehead atoms. The van der Waals surface area contributed by atoms with Gasteiger partial charge in [-0.15, -0.1) is 0 Å². The normalized spacial score (nSPS) is 10.9. The zero-order valence-electron chi connectivity index (χ0n) is 39.9. The molecule has 328 valence electrons. The quantitative estimate of drug-likeness (QED) is 0.0798. The van der Waals surface area contributed by atoms with Crippen LogP contribution in [0.2, 0.25) is 0 Å². The Morgan fingerprint density at radius 1 is 0.242 bits per heavy atom. The van der Waals surface area contributed by atoms with E-state index in [2.05, 4.69) is 259 Å². The van der Waals surface area contributed by atoms with Gasteiger partial charge in [0.05, 0.1) is 0 Å². The van der Waals surface area contributed by atoms with E-state index in [1.54, 1.807) is 0 Å². The summed E-state index contributed by atoms with van der Waals surface area (Å²) in [6.45, 7) is 19.5. The molecule has 6 rings (SSSR count). The molecular formula is C56H74N6. The highest BCUT2D eigenvalue weighted by Gasteiger charge is 2.20. The maximum absolute atomic E-state index is 2.40. The smallest absolute Gasteiger partial charge is 0.0366 e. The van der Waals surface area contributed by atoms with E-state index in [1.165, 1.54) is 67.5 Å². The number of rotatable bonds is 18. The van der Waals surface area contributed by atoms with Gasteiger partial charge in [-0.3, -0.25) is 0 Å². The molecule has 6 aromatic carbocycles. The zero-order chi connectivity index (χ0) is 44.8. The summed E-state index contributed by atoms with van der Waals surface area (Å²) in [6.07, 6.45) is 0.